The number of carbonyl (C=O) groups excluding carboxylic acids is 2. The zero-order valence-electron chi connectivity index (χ0n) is 17.0. The van der Waals surface area contributed by atoms with Crippen molar-refractivity contribution in [3.63, 3.8) is 0 Å². The SMILES string of the molecule is CCNC(=O)[C@H](C)NC(=O)c1cn(-c2ccccc2)nc1-c1ccc(CC)cc1. The van der Waals surface area contributed by atoms with E-state index in [2.05, 4.69) is 22.7 Å². The average molecular weight is 390 g/mol. The number of likely N-dealkylation sites (N-methyl/N-ethyl adjacent to an activating group) is 1. The molecule has 0 unspecified atom stereocenters. The first-order valence-electron chi connectivity index (χ1n) is 9.86. The van der Waals surface area contributed by atoms with Crippen LogP contribution in [0.4, 0.5) is 0 Å². The summed E-state index contributed by atoms with van der Waals surface area (Å²) < 4.78 is 1.69. The maximum Gasteiger partial charge on any atom is 0.255 e. The van der Waals surface area contributed by atoms with Gasteiger partial charge >= 0.3 is 0 Å². The number of hydrogen-bond acceptors (Lipinski definition) is 3. The van der Waals surface area contributed by atoms with E-state index in [0.29, 0.717) is 17.8 Å². The second-order valence-electron chi connectivity index (χ2n) is 6.81. The van der Waals surface area contributed by atoms with E-state index in [-0.39, 0.29) is 11.8 Å². The fourth-order valence-corrected chi connectivity index (χ4v) is 3.03. The molecule has 2 amide bonds. The fraction of sp³-hybridized carbons (Fsp3) is 0.261. The standard InChI is InChI=1S/C23H26N4O2/c1-4-17-11-13-18(14-12-17)21-20(23(29)25-16(3)22(28)24-5-2)15-27(26-21)19-9-7-6-8-10-19/h6-16H,4-5H2,1-3H3,(H,24,28)(H,25,29)/t16-/m0/s1. The van der Waals surface area contributed by atoms with Gasteiger partial charge in [-0.05, 0) is 38.0 Å². The van der Waals surface area contributed by atoms with E-state index < -0.39 is 6.04 Å². The molecule has 0 fully saturated rings. The summed E-state index contributed by atoms with van der Waals surface area (Å²) in [5.74, 6) is -0.550. The summed E-state index contributed by atoms with van der Waals surface area (Å²) in [4.78, 5) is 25.0. The van der Waals surface area contributed by atoms with E-state index >= 15 is 0 Å². The van der Waals surface area contributed by atoms with Gasteiger partial charge in [-0.25, -0.2) is 4.68 Å². The summed E-state index contributed by atoms with van der Waals surface area (Å²) in [6.07, 6.45) is 2.65. The Balaban J connectivity index is 1.98. The number of benzene rings is 2. The third-order valence-electron chi connectivity index (χ3n) is 4.71. The fourth-order valence-electron chi connectivity index (χ4n) is 3.03. The minimum Gasteiger partial charge on any atom is -0.355 e. The molecule has 3 rings (SSSR count). The largest absolute Gasteiger partial charge is 0.355 e. The Kier molecular flexibility index (Phi) is 6.44. The molecule has 0 radical (unpaired) electrons. The molecule has 0 aliphatic heterocycles. The Morgan fingerprint density at radius 3 is 2.34 bits per heavy atom. The Morgan fingerprint density at radius 2 is 1.72 bits per heavy atom. The molecule has 29 heavy (non-hydrogen) atoms. The second-order valence-corrected chi connectivity index (χ2v) is 6.81. The van der Waals surface area contributed by atoms with Crippen LogP contribution in [0.1, 0.15) is 36.7 Å². The van der Waals surface area contributed by atoms with E-state index in [4.69, 9.17) is 0 Å². The highest BCUT2D eigenvalue weighted by atomic mass is 16.2. The van der Waals surface area contributed by atoms with Crippen molar-refractivity contribution in [2.24, 2.45) is 0 Å². The number of rotatable bonds is 7. The number of carbonyl (C=O) groups is 2. The van der Waals surface area contributed by atoms with Crippen LogP contribution in [0.2, 0.25) is 0 Å². The van der Waals surface area contributed by atoms with Crippen LogP contribution >= 0.6 is 0 Å². The predicted octanol–water partition coefficient (Wildman–Crippen LogP) is 3.36. The van der Waals surface area contributed by atoms with Gasteiger partial charge in [0, 0.05) is 18.3 Å². The Hall–Kier alpha value is -3.41. The van der Waals surface area contributed by atoms with Crippen molar-refractivity contribution in [1.82, 2.24) is 20.4 Å². The minimum atomic E-state index is -0.641. The van der Waals surface area contributed by atoms with Crippen LogP contribution in [-0.4, -0.2) is 34.2 Å². The molecule has 1 heterocycles. The molecule has 0 spiro atoms. The van der Waals surface area contributed by atoms with Gasteiger partial charge in [-0.1, -0.05) is 49.4 Å². The molecule has 0 aliphatic rings. The van der Waals surface area contributed by atoms with Crippen LogP contribution in [0.25, 0.3) is 16.9 Å². The van der Waals surface area contributed by atoms with Crippen molar-refractivity contribution in [2.45, 2.75) is 33.2 Å². The van der Waals surface area contributed by atoms with Gasteiger partial charge in [-0.2, -0.15) is 5.10 Å². The molecule has 2 aromatic carbocycles. The lowest BCUT2D eigenvalue weighted by molar-refractivity contribution is -0.122. The molecule has 0 aliphatic carbocycles. The summed E-state index contributed by atoms with van der Waals surface area (Å²) in [6.45, 7) is 6.12. The molecule has 6 nitrogen and oxygen atoms in total. The summed E-state index contributed by atoms with van der Waals surface area (Å²) in [5, 5.41) is 10.2. The smallest absolute Gasteiger partial charge is 0.255 e. The first-order chi connectivity index (χ1) is 14.0. The van der Waals surface area contributed by atoms with E-state index in [0.717, 1.165) is 17.7 Å². The lowest BCUT2D eigenvalue weighted by Gasteiger charge is -2.13. The van der Waals surface area contributed by atoms with E-state index in [1.165, 1.54) is 5.56 Å². The topological polar surface area (TPSA) is 76.0 Å². The van der Waals surface area contributed by atoms with E-state index in [1.54, 1.807) is 17.8 Å². The maximum absolute atomic E-state index is 13.0. The molecule has 0 saturated carbocycles. The molecule has 0 saturated heterocycles. The lowest BCUT2D eigenvalue weighted by atomic mass is 10.0. The third kappa shape index (κ3) is 4.71. The third-order valence-corrected chi connectivity index (χ3v) is 4.71. The quantitative estimate of drug-likeness (QED) is 0.650. The molecule has 6 heteroatoms. The second kappa shape index (κ2) is 9.19. The molecular formula is C23H26N4O2. The highest BCUT2D eigenvalue weighted by Crippen LogP contribution is 2.24. The number of aryl methyl sites for hydroxylation is 1. The predicted molar refractivity (Wildman–Crippen MR) is 114 cm³/mol. The van der Waals surface area contributed by atoms with Crippen LogP contribution < -0.4 is 10.6 Å². The van der Waals surface area contributed by atoms with Gasteiger partial charge in [0.05, 0.1) is 11.3 Å². The number of nitrogens with zero attached hydrogens (tertiary/aromatic N) is 2. The van der Waals surface area contributed by atoms with Gasteiger partial charge in [0.1, 0.15) is 11.7 Å². The average Bonchev–Trinajstić information content (AvgIpc) is 3.20. The summed E-state index contributed by atoms with van der Waals surface area (Å²) in [5.41, 5.74) is 3.93. The monoisotopic (exact) mass is 390 g/mol. The molecule has 2 N–H and O–H groups in total. The molecule has 0 bridgehead atoms. The van der Waals surface area contributed by atoms with E-state index in [9.17, 15) is 9.59 Å². The summed E-state index contributed by atoms with van der Waals surface area (Å²) in [6, 6.07) is 17.0. The van der Waals surface area contributed by atoms with Gasteiger partial charge < -0.3 is 10.6 Å². The van der Waals surface area contributed by atoms with Gasteiger partial charge in [-0.3, -0.25) is 9.59 Å². The highest BCUT2D eigenvalue weighted by molar-refractivity contribution is 6.02. The van der Waals surface area contributed by atoms with Crippen LogP contribution in [0, 0.1) is 0 Å². The molecular weight excluding hydrogens is 364 g/mol. The molecule has 1 aromatic heterocycles. The van der Waals surface area contributed by atoms with Crippen molar-refractivity contribution in [3.8, 4) is 16.9 Å². The van der Waals surface area contributed by atoms with Gasteiger partial charge in [0.25, 0.3) is 5.91 Å². The van der Waals surface area contributed by atoms with Crippen LogP contribution in [0.3, 0.4) is 0 Å². The Labute approximate surface area is 170 Å². The summed E-state index contributed by atoms with van der Waals surface area (Å²) in [7, 11) is 0. The van der Waals surface area contributed by atoms with Crippen molar-refractivity contribution < 1.29 is 9.59 Å². The minimum absolute atomic E-state index is 0.217. The Bertz CT molecular complexity index is 978. The Morgan fingerprint density at radius 1 is 1.03 bits per heavy atom. The first kappa shape index (κ1) is 20.3. The van der Waals surface area contributed by atoms with Gasteiger partial charge in [0.15, 0.2) is 0 Å². The van der Waals surface area contributed by atoms with Gasteiger partial charge in [-0.15, -0.1) is 0 Å². The lowest BCUT2D eigenvalue weighted by Crippen LogP contribution is -2.44. The number of nitrogens with one attached hydrogen (secondary N) is 2. The van der Waals surface area contributed by atoms with Crippen LogP contribution in [0.5, 0.6) is 0 Å². The number of para-hydroxylation sites is 1. The molecule has 150 valence electrons. The van der Waals surface area contributed by atoms with Gasteiger partial charge in [0.2, 0.25) is 5.91 Å². The normalized spacial score (nSPS) is 11.7. The van der Waals surface area contributed by atoms with Crippen molar-refractivity contribution in [2.75, 3.05) is 6.54 Å². The van der Waals surface area contributed by atoms with Crippen molar-refractivity contribution in [1.29, 1.82) is 0 Å². The van der Waals surface area contributed by atoms with Crippen LogP contribution in [-0.2, 0) is 11.2 Å². The first-order valence-corrected chi connectivity index (χ1v) is 9.86. The molecule has 1 atom stereocenters. The molecule has 3 aromatic rings. The maximum atomic E-state index is 13.0. The number of hydrogen-bond donors (Lipinski definition) is 2. The number of amides is 2. The zero-order chi connectivity index (χ0) is 20.8. The van der Waals surface area contributed by atoms with Crippen LogP contribution in [0.15, 0.2) is 60.8 Å². The van der Waals surface area contributed by atoms with Crippen molar-refractivity contribution in [3.05, 3.63) is 71.9 Å². The highest BCUT2D eigenvalue weighted by Gasteiger charge is 2.22. The van der Waals surface area contributed by atoms with E-state index in [1.807, 2.05) is 61.5 Å². The number of aromatic nitrogens is 2. The van der Waals surface area contributed by atoms with Crippen molar-refractivity contribution >= 4 is 11.8 Å². The zero-order valence-corrected chi connectivity index (χ0v) is 17.0. The summed E-state index contributed by atoms with van der Waals surface area (Å²) >= 11 is 0.